The van der Waals surface area contributed by atoms with Gasteiger partial charge in [-0.25, -0.2) is 4.98 Å². The second kappa shape index (κ2) is 6.43. The van der Waals surface area contributed by atoms with Crippen molar-refractivity contribution in [3.05, 3.63) is 34.3 Å². The number of ether oxygens (including phenoxy) is 1. The van der Waals surface area contributed by atoms with Crippen LogP contribution in [-0.2, 0) is 13.0 Å². The summed E-state index contributed by atoms with van der Waals surface area (Å²) in [6.07, 6.45) is 2.97. The number of nitrogen functional groups attached to an aromatic ring is 1. The molecule has 0 atom stereocenters. The third kappa shape index (κ3) is 3.86. The van der Waals surface area contributed by atoms with Crippen LogP contribution in [0.25, 0.3) is 0 Å². The molecule has 3 N–H and O–H groups in total. The first kappa shape index (κ1) is 13.7. The minimum absolute atomic E-state index is 0.634. The molecule has 5 heteroatoms. The van der Waals surface area contributed by atoms with Gasteiger partial charge in [0.2, 0.25) is 0 Å². The Balaban J connectivity index is 2.02. The number of nitrogens with zero attached hydrogens (tertiary/aromatic N) is 1. The average molecular weight is 277 g/mol. The quantitative estimate of drug-likeness (QED) is 0.795. The van der Waals surface area contributed by atoms with Gasteiger partial charge in [-0.1, -0.05) is 6.92 Å². The van der Waals surface area contributed by atoms with Crippen LogP contribution in [0.5, 0.6) is 5.75 Å². The number of thiazole rings is 1. The Morgan fingerprint density at radius 2 is 2.16 bits per heavy atom. The first-order chi connectivity index (χ1) is 9.21. The number of rotatable bonds is 6. The number of anilines is 2. The zero-order valence-electron chi connectivity index (χ0n) is 11.3. The van der Waals surface area contributed by atoms with Crippen molar-refractivity contribution in [3.8, 4) is 5.75 Å². The molecule has 102 valence electrons. The fourth-order valence-corrected chi connectivity index (χ4v) is 2.55. The van der Waals surface area contributed by atoms with Gasteiger partial charge in [-0.05, 0) is 19.4 Å². The zero-order valence-corrected chi connectivity index (χ0v) is 12.1. The van der Waals surface area contributed by atoms with Crippen molar-refractivity contribution < 1.29 is 4.74 Å². The van der Waals surface area contributed by atoms with E-state index in [0.717, 1.165) is 22.9 Å². The number of nitrogens with one attached hydrogen (secondary N) is 1. The van der Waals surface area contributed by atoms with Crippen LogP contribution in [0.2, 0.25) is 0 Å². The zero-order chi connectivity index (χ0) is 13.7. The van der Waals surface area contributed by atoms with Gasteiger partial charge in [0.1, 0.15) is 10.8 Å². The molecular formula is C14H19N3OS. The fourth-order valence-electron chi connectivity index (χ4n) is 1.75. The molecule has 0 aliphatic rings. The Kier molecular flexibility index (Phi) is 4.63. The molecule has 0 aliphatic carbocycles. The molecule has 0 amide bonds. The second-order valence-corrected chi connectivity index (χ2v) is 5.35. The van der Waals surface area contributed by atoms with Gasteiger partial charge in [0.05, 0.1) is 13.2 Å². The normalized spacial score (nSPS) is 10.4. The van der Waals surface area contributed by atoms with Crippen LogP contribution < -0.4 is 15.8 Å². The maximum Gasteiger partial charge on any atom is 0.123 e. The van der Waals surface area contributed by atoms with E-state index in [1.165, 1.54) is 4.88 Å². The molecule has 0 bridgehead atoms. The van der Waals surface area contributed by atoms with E-state index in [4.69, 9.17) is 10.5 Å². The van der Waals surface area contributed by atoms with Gasteiger partial charge < -0.3 is 15.8 Å². The predicted octanol–water partition coefficient (Wildman–Crippen LogP) is 3.30. The van der Waals surface area contributed by atoms with Gasteiger partial charge in [-0.3, -0.25) is 0 Å². The molecule has 0 saturated heterocycles. The van der Waals surface area contributed by atoms with Gasteiger partial charge in [-0.15, -0.1) is 11.3 Å². The summed E-state index contributed by atoms with van der Waals surface area (Å²) in [5, 5.41) is 4.41. The van der Waals surface area contributed by atoms with E-state index in [9.17, 15) is 0 Å². The monoisotopic (exact) mass is 277 g/mol. The van der Waals surface area contributed by atoms with E-state index in [1.54, 1.807) is 11.3 Å². The van der Waals surface area contributed by atoms with Crippen molar-refractivity contribution in [3.63, 3.8) is 0 Å². The Bertz CT molecular complexity index is 539. The number of hydrogen-bond donors (Lipinski definition) is 2. The molecule has 2 rings (SSSR count). The lowest BCUT2D eigenvalue weighted by Crippen LogP contribution is -2.01. The summed E-state index contributed by atoms with van der Waals surface area (Å²) in [6.45, 7) is 5.43. The highest BCUT2D eigenvalue weighted by Crippen LogP contribution is 2.23. The topological polar surface area (TPSA) is 60.2 Å². The van der Waals surface area contributed by atoms with Crippen LogP contribution in [0, 0.1) is 0 Å². The van der Waals surface area contributed by atoms with Crippen molar-refractivity contribution >= 4 is 22.7 Å². The molecule has 0 unspecified atom stereocenters. The van der Waals surface area contributed by atoms with Gasteiger partial charge >= 0.3 is 0 Å². The van der Waals surface area contributed by atoms with Gasteiger partial charge in [0.15, 0.2) is 0 Å². The molecule has 0 spiro atoms. The molecule has 2 aromatic rings. The lowest BCUT2D eigenvalue weighted by molar-refractivity contribution is 0.340. The summed E-state index contributed by atoms with van der Waals surface area (Å²) in [5.41, 5.74) is 7.50. The molecule has 1 heterocycles. The van der Waals surface area contributed by atoms with Crippen LogP contribution in [0.15, 0.2) is 24.4 Å². The summed E-state index contributed by atoms with van der Waals surface area (Å²) < 4.78 is 5.47. The molecule has 0 aliphatic heterocycles. The smallest absolute Gasteiger partial charge is 0.123 e. The summed E-state index contributed by atoms with van der Waals surface area (Å²) >= 11 is 1.73. The van der Waals surface area contributed by atoms with E-state index in [-0.39, 0.29) is 0 Å². The molecule has 4 nitrogen and oxygen atoms in total. The summed E-state index contributed by atoms with van der Waals surface area (Å²) in [5.74, 6) is 0.790. The van der Waals surface area contributed by atoms with Crippen molar-refractivity contribution in [2.24, 2.45) is 0 Å². The van der Waals surface area contributed by atoms with Crippen molar-refractivity contribution in [2.45, 2.75) is 26.8 Å². The van der Waals surface area contributed by atoms with E-state index < -0.39 is 0 Å². The Morgan fingerprint density at radius 3 is 2.84 bits per heavy atom. The summed E-state index contributed by atoms with van der Waals surface area (Å²) in [6, 6.07) is 5.68. The lowest BCUT2D eigenvalue weighted by Gasteiger charge is -2.09. The number of nitrogens with two attached hydrogens (primary N) is 1. The Morgan fingerprint density at radius 1 is 1.32 bits per heavy atom. The maximum absolute atomic E-state index is 5.85. The van der Waals surface area contributed by atoms with E-state index in [0.29, 0.717) is 18.8 Å². The minimum atomic E-state index is 0.634. The van der Waals surface area contributed by atoms with Crippen molar-refractivity contribution in [1.29, 1.82) is 0 Å². The third-order valence-electron chi connectivity index (χ3n) is 2.63. The largest absolute Gasteiger partial charge is 0.494 e. The highest BCUT2D eigenvalue weighted by atomic mass is 32.1. The van der Waals surface area contributed by atoms with E-state index >= 15 is 0 Å². The molecular weight excluding hydrogens is 258 g/mol. The standard InChI is InChI=1S/C14H19N3OS/c1-3-13-8-17-14(19-13)9-16-11-5-10(15)6-12(7-11)18-4-2/h5-8,16H,3-4,9,15H2,1-2H3. The minimum Gasteiger partial charge on any atom is -0.494 e. The number of aromatic nitrogens is 1. The van der Waals surface area contributed by atoms with Crippen LogP contribution >= 0.6 is 11.3 Å². The van der Waals surface area contributed by atoms with Crippen molar-refractivity contribution in [2.75, 3.05) is 17.7 Å². The van der Waals surface area contributed by atoms with Crippen LogP contribution in [0.3, 0.4) is 0 Å². The third-order valence-corrected chi connectivity index (χ3v) is 3.78. The Hall–Kier alpha value is -1.75. The van der Waals surface area contributed by atoms with Crippen LogP contribution in [0.4, 0.5) is 11.4 Å². The molecule has 19 heavy (non-hydrogen) atoms. The second-order valence-electron chi connectivity index (χ2n) is 4.15. The lowest BCUT2D eigenvalue weighted by atomic mass is 10.2. The highest BCUT2D eigenvalue weighted by molar-refractivity contribution is 7.11. The first-order valence-electron chi connectivity index (χ1n) is 6.42. The van der Waals surface area contributed by atoms with Crippen LogP contribution in [0.1, 0.15) is 23.7 Å². The molecule has 0 saturated carbocycles. The van der Waals surface area contributed by atoms with E-state index in [1.807, 2.05) is 31.3 Å². The molecule has 1 aromatic heterocycles. The van der Waals surface area contributed by atoms with E-state index in [2.05, 4.69) is 17.2 Å². The summed E-state index contributed by atoms with van der Waals surface area (Å²) in [4.78, 5) is 5.68. The van der Waals surface area contributed by atoms with Gasteiger partial charge in [0.25, 0.3) is 0 Å². The fraction of sp³-hybridized carbons (Fsp3) is 0.357. The van der Waals surface area contributed by atoms with Gasteiger partial charge in [0, 0.05) is 34.6 Å². The van der Waals surface area contributed by atoms with Crippen LogP contribution in [-0.4, -0.2) is 11.6 Å². The predicted molar refractivity (Wildman–Crippen MR) is 80.8 cm³/mol. The summed E-state index contributed by atoms with van der Waals surface area (Å²) in [7, 11) is 0. The maximum atomic E-state index is 5.85. The average Bonchev–Trinajstić information content (AvgIpc) is 2.84. The Labute approximate surface area is 117 Å². The van der Waals surface area contributed by atoms with Gasteiger partial charge in [-0.2, -0.15) is 0 Å². The first-order valence-corrected chi connectivity index (χ1v) is 7.23. The SMILES string of the molecule is CCOc1cc(N)cc(NCc2ncc(CC)s2)c1. The molecule has 1 aromatic carbocycles. The number of benzene rings is 1. The number of hydrogen-bond acceptors (Lipinski definition) is 5. The van der Waals surface area contributed by atoms with Crippen molar-refractivity contribution in [1.82, 2.24) is 4.98 Å². The highest BCUT2D eigenvalue weighted by Gasteiger charge is 2.03. The molecule has 0 fully saturated rings. The number of aryl methyl sites for hydroxylation is 1. The molecule has 0 radical (unpaired) electrons.